The Bertz CT molecular complexity index is 1340. The zero-order valence-electron chi connectivity index (χ0n) is 19.3. The van der Waals surface area contributed by atoms with Gasteiger partial charge >= 0.3 is 136 Å². The normalized spacial score (nSPS) is 16.3. The van der Waals surface area contributed by atoms with E-state index in [1.807, 2.05) is 6.92 Å². The minimum absolute atomic E-state index is 0.216. The number of amides is 1. The molecule has 13 heteroatoms. The topological polar surface area (TPSA) is 111 Å². The fourth-order valence-electron chi connectivity index (χ4n) is 3.65. The first-order chi connectivity index (χ1) is 16.4. The summed E-state index contributed by atoms with van der Waals surface area (Å²) >= 11 is 0. The van der Waals surface area contributed by atoms with Crippen LogP contribution in [0, 0.1) is 13.8 Å². The predicted molar refractivity (Wildman–Crippen MR) is 121 cm³/mol. The number of hydrogen-bond donors (Lipinski definition) is 1. The van der Waals surface area contributed by atoms with Crippen molar-refractivity contribution in [1.29, 1.82) is 0 Å². The van der Waals surface area contributed by atoms with Crippen LogP contribution >= 0.6 is 0 Å². The summed E-state index contributed by atoms with van der Waals surface area (Å²) in [6, 6.07) is 3.17. The quantitative estimate of drug-likeness (QED) is 0.399. The summed E-state index contributed by atoms with van der Waals surface area (Å²) in [7, 11) is -0.851. The molecule has 0 spiro atoms. The molecule has 0 bridgehead atoms. The largest absolute Gasteiger partial charge is 0.212 e. The molecule has 9 nitrogen and oxygen atoms in total. The van der Waals surface area contributed by atoms with Crippen molar-refractivity contribution < 1.29 is 31.5 Å². The molecule has 4 rings (SSSR count). The van der Waals surface area contributed by atoms with Gasteiger partial charge < -0.3 is 4.74 Å². The van der Waals surface area contributed by atoms with Crippen molar-refractivity contribution in [3.05, 3.63) is 41.6 Å². The molecule has 3 aromatic rings. The molecule has 1 fully saturated rings. The van der Waals surface area contributed by atoms with Crippen LogP contribution in [0.25, 0.3) is 5.65 Å². The van der Waals surface area contributed by atoms with E-state index in [9.17, 15) is 22.0 Å². The maximum Gasteiger partial charge on any atom is -0.212 e. The number of ether oxygens (including phenoxy) is 2. The molecule has 1 aliphatic heterocycles. The number of fused-ring (bicyclic) bond motifs is 1. The molecule has 0 aliphatic carbocycles. The van der Waals surface area contributed by atoms with Crippen molar-refractivity contribution >= 4 is 22.2 Å². The second kappa shape index (κ2) is 9.53. The molecule has 35 heavy (non-hydrogen) atoms. The van der Waals surface area contributed by atoms with E-state index in [-0.39, 0.29) is 23.2 Å². The Morgan fingerprint density at radius 2 is 1.94 bits per heavy atom. The first kappa shape index (κ1) is 25.0. The van der Waals surface area contributed by atoms with Crippen LogP contribution < -0.4 is 14.8 Å². The van der Waals surface area contributed by atoms with Crippen LogP contribution in [0.1, 0.15) is 41.6 Å². The Hall–Kier alpha value is -3.06. The van der Waals surface area contributed by atoms with Crippen molar-refractivity contribution in [2.45, 2.75) is 45.3 Å². The molecule has 1 aliphatic rings. The van der Waals surface area contributed by atoms with Crippen LogP contribution in [-0.2, 0) is 14.7 Å². The van der Waals surface area contributed by atoms with Crippen molar-refractivity contribution in [2.24, 2.45) is 0 Å². The van der Waals surface area contributed by atoms with E-state index in [2.05, 4.69) is 20.3 Å². The number of nitrogens with zero attached hydrogens (tertiary/aromatic N) is 4. The Morgan fingerprint density at radius 3 is 2.63 bits per heavy atom. The van der Waals surface area contributed by atoms with E-state index in [0.29, 0.717) is 41.4 Å². The maximum absolute atomic E-state index is 13.0. The number of hydrogen-bond acceptors (Lipinski definition) is 7. The van der Waals surface area contributed by atoms with Gasteiger partial charge in [-0.15, -0.1) is 0 Å². The van der Waals surface area contributed by atoms with Crippen molar-refractivity contribution in [3.63, 3.8) is 0 Å². The van der Waals surface area contributed by atoms with Gasteiger partial charge in [0, 0.05) is 0 Å². The molecule has 188 valence electrons. The molecule has 1 saturated heterocycles. The van der Waals surface area contributed by atoms with E-state index in [4.69, 9.17) is 9.47 Å². The smallest absolute Gasteiger partial charge is 0.212 e. The Labute approximate surface area is 201 Å². The van der Waals surface area contributed by atoms with Gasteiger partial charge in [-0.25, -0.2) is 9.97 Å². The summed E-state index contributed by atoms with van der Waals surface area (Å²) in [5.74, 6) is 0.375. The second-order valence-electron chi connectivity index (χ2n) is 8.63. The number of imidazole rings is 1. The van der Waals surface area contributed by atoms with Crippen molar-refractivity contribution in [2.75, 3.05) is 18.1 Å². The number of aromatic nitrogens is 4. The first-order valence-corrected chi connectivity index (χ1v) is 12.3. The summed E-state index contributed by atoms with van der Waals surface area (Å²) in [6.07, 6.45) is -0.480. The van der Waals surface area contributed by atoms with Gasteiger partial charge in [0.05, 0.1) is 11.9 Å². The number of carbonyl (C=O) groups is 1. The van der Waals surface area contributed by atoms with Crippen LogP contribution in [0.4, 0.5) is 13.2 Å². The first-order valence-electron chi connectivity index (χ1n) is 10.8. The van der Waals surface area contributed by atoms with Crippen molar-refractivity contribution in [3.8, 4) is 17.5 Å². The third-order valence-corrected chi connectivity index (χ3v) is 6.96. The van der Waals surface area contributed by atoms with Gasteiger partial charge in [0.15, 0.2) is 6.61 Å². The molecule has 0 aromatic carbocycles. The van der Waals surface area contributed by atoms with E-state index < -0.39 is 34.8 Å². The van der Waals surface area contributed by atoms with Gasteiger partial charge in [-0.05, 0) is 6.92 Å². The number of alkyl halides is 3. The predicted octanol–water partition coefficient (Wildman–Crippen LogP) is 3.72. The molecule has 0 unspecified atom stereocenters. The fourth-order valence-corrected chi connectivity index (χ4v) is 5.21. The van der Waals surface area contributed by atoms with Gasteiger partial charge in [-0.2, -0.15) is 13.2 Å². The van der Waals surface area contributed by atoms with E-state index in [1.54, 1.807) is 36.6 Å². The molecule has 0 saturated carbocycles. The fraction of sp³-hybridized carbons (Fsp3) is 0.455. The summed E-state index contributed by atoms with van der Waals surface area (Å²) in [6.45, 7) is 3.74. The summed E-state index contributed by atoms with van der Waals surface area (Å²) in [5, 5.41) is 3.02. The summed E-state index contributed by atoms with van der Waals surface area (Å²) < 4.78 is 61.5. The minimum Gasteiger partial charge on any atom is -0.212 e. The molecular formula is C22H24F3N5O4S. The maximum atomic E-state index is 13.0. The number of aryl methyl sites for hydroxylation is 2. The third-order valence-electron chi connectivity index (χ3n) is 5.64. The summed E-state index contributed by atoms with van der Waals surface area (Å²) in [4.78, 5) is 25.3. The number of pyridine rings is 1. The average molecular weight is 512 g/mol. The van der Waals surface area contributed by atoms with Crippen LogP contribution in [0.3, 0.4) is 0 Å². The monoisotopic (exact) mass is 511 g/mol. The number of nitrogens with one attached hydrogen (secondary N) is 1. The van der Waals surface area contributed by atoms with E-state index in [0.717, 1.165) is 0 Å². The zero-order chi connectivity index (χ0) is 25.4. The molecular weight excluding hydrogens is 487 g/mol. The standard InChI is InChI=1S/C22H24F3N5O4S/c1-13-10-26-19(33-12-22(23,24)25)20(27-13)34-15-4-5-16-28-17(14(2)30(16)11-15)18(31)29-21(3)6-8-35(32)9-7-21/h4-5,10-11H,6-9,12H2,1-3H3,(H,29,31). The third kappa shape index (κ3) is 5.96. The Balaban J connectivity index is 1.56. The summed E-state index contributed by atoms with van der Waals surface area (Å²) in [5.41, 5.74) is 1.24. The second-order valence-corrected chi connectivity index (χ2v) is 10.3. The molecule has 1 N–H and O–H groups in total. The van der Waals surface area contributed by atoms with Crippen LogP contribution in [0.5, 0.6) is 17.5 Å². The molecule has 0 radical (unpaired) electrons. The number of rotatable bonds is 6. The van der Waals surface area contributed by atoms with E-state index >= 15 is 0 Å². The molecule has 3 aromatic heterocycles. The van der Waals surface area contributed by atoms with Crippen molar-refractivity contribution in [1.82, 2.24) is 24.7 Å². The molecule has 1 amide bonds. The minimum atomic E-state index is -4.54. The molecule has 0 atom stereocenters. The van der Waals surface area contributed by atoms with Crippen LogP contribution in [0.15, 0.2) is 24.5 Å². The SMILES string of the molecule is Cc1cnc(OCC(F)(F)F)c(Oc2ccc3nc(C(=O)NC4(C)CC[S-](#[O+])CC4)c(C)n3c2)n1. The zero-order valence-corrected chi connectivity index (χ0v) is 20.1. The number of halogens is 3. The Kier molecular flexibility index (Phi) is 6.82. The van der Waals surface area contributed by atoms with Gasteiger partial charge in [0.1, 0.15) is 0 Å². The van der Waals surface area contributed by atoms with Gasteiger partial charge in [-0.3, -0.25) is 0 Å². The Morgan fingerprint density at radius 1 is 1.23 bits per heavy atom. The van der Waals surface area contributed by atoms with Gasteiger partial charge in [-0.1, -0.05) is 0 Å². The van der Waals surface area contributed by atoms with Gasteiger partial charge in [0.2, 0.25) is 0 Å². The van der Waals surface area contributed by atoms with Crippen LogP contribution in [-0.4, -0.2) is 55.1 Å². The molecule has 4 heterocycles. The van der Waals surface area contributed by atoms with Crippen LogP contribution in [0.2, 0.25) is 0 Å². The van der Waals surface area contributed by atoms with E-state index in [1.165, 1.54) is 6.20 Å². The average Bonchev–Trinajstić information content (AvgIpc) is 3.11. The number of carbonyl (C=O) groups excluding carboxylic acids is 1. The van der Waals surface area contributed by atoms with Gasteiger partial charge in [0.25, 0.3) is 11.8 Å².